The lowest BCUT2D eigenvalue weighted by Gasteiger charge is -2.17. The first-order valence-electron chi connectivity index (χ1n) is 10.2. The van der Waals surface area contributed by atoms with Gasteiger partial charge in [-0.15, -0.1) is 0 Å². The second kappa shape index (κ2) is 8.47. The first kappa shape index (κ1) is 20.8. The number of methoxy groups -OCH3 is 1. The molecule has 0 bridgehead atoms. The number of fused-ring (bicyclic) bond motifs is 1. The topological polar surface area (TPSA) is 119 Å². The molecule has 33 heavy (non-hydrogen) atoms. The Labute approximate surface area is 193 Å². The molecule has 0 spiro atoms. The summed E-state index contributed by atoms with van der Waals surface area (Å²) in [7, 11) is 1.54. The fourth-order valence-corrected chi connectivity index (χ4v) is 3.93. The number of hydrogen-bond acceptors (Lipinski definition) is 8. The van der Waals surface area contributed by atoms with Crippen molar-refractivity contribution in [1.82, 2.24) is 25.2 Å². The molecule has 5 rings (SSSR count). The number of hydrogen-bond donors (Lipinski definition) is 3. The Balaban J connectivity index is 1.59. The van der Waals surface area contributed by atoms with E-state index in [2.05, 4.69) is 26.1 Å². The highest BCUT2D eigenvalue weighted by atomic mass is 35.5. The van der Waals surface area contributed by atoms with Gasteiger partial charge in [0.2, 0.25) is 5.88 Å². The standard InChI is InChI=1S/C22H20ClN7O3/c1-12-10-17(33-29-12)27-16-11-13(6-7-24-16)18-19(20-22(31)25-8-9-30(20)28-18)26-15-5-3-4-14(23)21(15)32-2/h3-7,10-11,26H,8-9H2,1-2H3,(H,24,27)(H,25,31). The Kier molecular flexibility index (Phi) is 5.35. The third-order valence-electron chi connectivity index (χ3n) is 5.12. The van der Waals surface area contributed by atoms with E-state index >= 15 is 0 Å². The van der Waals surface area contributed by atoms with E-state index < -0.39 is 0 Å². The molecule has 4 aromatic rings. The highest BCUT2D eigenvalue weighted by molar-refractivity contribution is 6.32. The summed E-state index contributed by atoms with van der Waals surface area (Å²) in [4.78, 5) is 17.1. The summed E-state index contributed by atoms with van der Waals surface area (Å²) in [6.07, 6.45) is 1.66. The molecular weight excluding hydrogens is 446 g/mol. The van der Waals surface area contributed by atoms with Gasteiger partial charge in [0.15, 0.2) is 5.75 Å². The van der Waals surface area contributed by atoms with E-state index in [1.54, 1.807) is 36.2 Å². The van der Waals surface area contributed by atoms with Crippen molar-refractivity contribution >= 4 is 40.6 Å². The number of ether oxygens (including phenoxy) is 1. The largest absolute Gasteiger partial charge is 0.493 e. The van der Waals surface area contributed by atoms with Gasteiger partial charge >= 0.3 is 0 Å². The first-order chi connectivity index (χ1) is 16.0. The van der Waals surface area contributed by atoms with Crippen molar-refractivity contribution in [2.24, 2.45) is 0 Å². The van der Waals surface area contributed by atoms with Crippen LogP contribution in [0.25, 0.3) is 11.3 Å². The van der Waals surface area contributed by atoms with E-state index in [1.165, 1.54) is 0 Å². The lowest BCUT2D eigenvalue weighted by Crippen LogP contribution is -2.35. The SMILES string of the molecule is COc1c(Cl)cccc1Nc1c(-c2ccnc(Nc3cc(C)no3)c2)nn2c1C(=O)NCC2. The second-order valence-electron chi connectivity index (χ2n) is 7.38. The second-order valence-corrected chi connectivity index (χ2v) is 7.79. The number of rotatable bonds is 6. The highest BCUT2D eigenvalue weighted by Crippen LogP contribution is 2.39. The molecule has 1 aliphatic rings. The van der Waals surface area contributed by atoms with Crippen molar-refractivity contribution in [2.45, 2.75) is 13.5 Å². The molecule has 0 saturated carbocycles. The van der Waals surface area contributed by atoms with Gasteiger partial charge in [-0.25, -0.2) is 4.98 Å². The number of aryl methyl sites for hydroxylation is 1. The lowest BCUT2D eigenvalue weighted by atomic mass is 10.1. The molecule has 0 radical (unpaired) electrons. The van der Waals surface area contributed by atoms with Gasteiger partial charge in [0, 0.05) is 24.4 Å². The molecule has 168 valence electrons. The number of benzene rings is 1. The van der Waals surface area contributed by atoms with Crippen molar-refractivity contribution < 1.29 is 14.1 Å². The predicted octanol–water partition coefficient (Wildman–Crippen LogP) is 4.13. The van der Waals surface area contributed by atoms with Crippen LogP contribution in [0.4, 0.5) is 23.1 Å². The summed E-state index contributed by atoms with van der Waals surface area (Å²) in [5.41, 5.74) is 3.68. The summed E-state index contributed by atoms with van der Waals surface area (Å²) in [6, 6.07) is 10.8. The van der Waals surface area contributed by atoms with Crippen LogP contribution >= 0.6 is 11.6 Å². The van der Waals surface area contributed by atoms with E-state index in [9.17, 15) is 4.79 Å². The van der Waals surface area contributed by atoms with Crippen LogP contribution in [0.1, 0.15) is 16.2 Å². The predicted molar refractivity (Wildman–Crippen MR) is 124 cm³/mol. The number of aromatic nitrogens is 4. The number of halogens is 1. The fourth-order valence-electron chi connectivity index (χ4n) is 3.68. The van der Waals surface area contributed by atoms with Crippen LogP contribution in [0.2, 0.25) is 5.02 Å². The van der Waals surface area contributed by atoms with Crippen LogP contribution in [0.15, 0.2) is 47.1 Å². The summed E-state index contributed by atoms with van der Waals surface area (Å²) in [6.45, 7) is 2.89. The maximum atomic E-state index is 12.8. The fraction of sp³-hybridized carbons (Fsp3) is 0.182. The average Bonchev–Trinajstić information content (AvgIpc) is 3.38. The summed E-state index contributed by atoms with van der Waals surface area (Å²) < 4.78 is 12.4. The van der Waals surface area contributed by atoms with E-state index in [4.69, 9.17) is 26.0 Å². The maximum Gasteiger partial charge on any atom is 0.271 e. The van der Waals surface area contributed by atoms with Crippen LogP contribution in [0.3, 0.4) is 0 Å². The molecule has 3 N–H and O–H groups in total. The molecule has 0 atom stereocenters. The minimum atomic E-state index is -0.215. The van der Waals surface area contributed by atoms with Crippen LogP contribution in [-0.2, 0) is 6.54 Å². The summed E-state index contributed by atoms with van der Waals surface area (Å²) >= 11 is 6.30. The molecule has 1 amide bonds. The number of pyridine rings is 1. The van der Waals surface area contributed by atoms with Gasteiger partial charge in [-0.05, 0) is 31.2 Å². The number of nitrogens with zero attached hydrogens (tertiary/aromatic N) is 4. The number of anilines is 4. The van der Waals surface area contributed by atoms with E-state index in [0.29, 0.717) is 58.3 Å². The van der Waals surface area contributed by atoms with Gasteiger partial charge in [-0.1, -0.05) is 22.8 Å². The minimum Gasteiger partial charge on any atom is -0.493 e. The summed E-state index contributed by atoms with van der Waals surface area (Å²) in [5, 5.41) is 18.3. The lowest BCUT2D eigenvalue weighted by molar-refractivity contribution is 0.0925. The molecule has 3 aromatic heterocycles. The molecule has 0 aliphatic carbocycles. The molecule has 10 nitrogen and oxygen atoms in total. The maximum absolute atomic E-state index is 12.8. The number of nitrogens with one attached hydrogen (secondary N) is 3. The van der Waals surface area contributed by atoms with Gasteiger partial charge in [-0.3, -0.25) is 9.48 Å². The molecule has 0 saturated heterocycles. The smallest absolute Gasteiger partial charge is 0.271 e. The number of amides is 1. The van der Waals surface area contributed by atoms with E-state index in [1.807, 2.05) is 25.1 Å². The molecule has 1 aromatic carbocycles. The molecular formula is C22H20ClN7O3. The molecule has 1 aliphatic heterocycles. The zero-order chi connectivity index (χ0) is 22.9. The highest BCUT2D eigenvalue weighted by Gasteiger charge is 2.28. The average molecular weight is 466 g/mol. The van der Waals surface area contributed by atoms with Crippen LogP contribution in [-0.4, -0.2) is 39.5 Å². The normalized spacial score (nSPS) is 12.8. The monoisotopic (exact) mass is 465 g/mol. The van der Waals surface area contributed by atoms with Crippen molar-refractivity contribution in [3.8, 4) is 17.0 Å². The van der Waals surface area contributed by atoms with Crippen molar-refractivity contribution in [3.05, 3.63) is 59.0 Å². The number of carbonyl (C=O) groups excluding carboxylic acids is 1. The minimum absolute atomic E-state index is 0.215. The van der Waals surface area contributed by atoms with Gasteiger partial charge in [0.05, 0.1) is 35.7 Å². The Morgan fingerprint density at radius 2 is 2.12 bits per heavy atom. The Bertz CT molecular complexity index is 1350. The van der Waals surface area contributed by atoms with Gasteiger partial charge in [-0.2, -0.15) is 5.10 Å². The molecule has 11 heteroatoms. The van der Waals surface area contributed by atoms with Gasteiger partial charge < -0.3 is 25.2 Å². The van der Waals surface area contributed by atoms with Crippen molar-refractivity contribution in [2.75, 3.05) is 24.3 Å². The quantitative estimate of drug-likeness (QED) is 0.389. The number of carbonyl (C=O) groups is 1. The zero-order valence-corrected chi connectivity index (χ0v) is 18.6. The van der Waals surface area contributed by atoms with Gasteiger partial charge in [0.1, 0.15) is 17.2 Å². The first-order valence-corrected chi connectivity index (χ1v) is 10.6. The molecule has 4 heterocycles. The number of para-hydroxylation sites is 1. The molecule has 0 unspecified atom stereocenters. The van der Waals surface area contributed by atoms with E-state index in [0.717, 1.165) is 11.3 Å². The Morgan fingerprint density at radius 1 is 1.24 bits per heavy atom. The van der Waals surface area contributed by atoms with Crippen molar-refractivity contribution in [1.29, 1.82) is 0 Å². The zero-order valence-electron chi connectivity index (χ0n) is 17.8. The van der Waals surface area contributed by atoms with E-state index in [-0.39, 0.29) is 5.91 Å². The van der Waals surface area contributed by atoms with Crippen LogP contribution in [0.5, 0.6) is 5.75 Å². The van der Waals surface area contributed by atoms with Gasteiger partial charge in [0.25, 0.3) is 5.91 Å². The van der Waals surface area contributed by atoms with Crippen LogP contribution in [0, 0.1) is 6.92 Å². The molecule has 0 fully saturated rings. The van der Waals surface area contributed by atoms with Crippen LogP contribution < -0.4 is 20.7 Å². The third-order valence-corrected chi connectivity index (χ3v) is 5.42. The third kappa shape index (κ3) is 3.96. The Hall–Kier alpha value is -4.05. The Morgan fingerprint density at radius 3 is 2.91 bits per heavy atom. The van der Waals surface area contributed by atoms with Crippen molar-refractivity contribution in [3.63, 3.8) is 0 Å². The summed E-state index contributed by atoms with van der Waals surface area (Å²) in [5.74, 6) is 1.28.